The van der Waals surface area contributed by atoms with Crippen molar-refractivity contribution >= 4 is 5.96 Å². The van der Waals surface area contributed by atoms with Gasteiger partial charge in [0.1, 0.15) is 0 Å². The molecule has 0 radical (unpaired) electrons. The maximum atomic E-state index is 5.47. The molecule has 1 fully saturated rings. The number of nitrogens with one attached hydrogen (secondary N) is 2. The maximum Gasteiger partial charge on any atom is 0.206 e. The lowest BCUT2D eigenvalue weighted by Crippen LogP contribution is -2.47. The minimum atomic E-state index is -0.0409. The smallest absolute Gasteiger partial charge is 0.206 e. The number of hydrazine groups is 1. The first-order valence-electron chi connectivity index (χ1n) is 5.44. The first kappa shape index (κ1) is 12.3. The predicted octanol–water partition coefficient (Wildman–Crippen LogP) is 0.373. The summed E-state index contributed by atoms with van der Waals surface area (Å²) < 4.78 is 5.47. The molecule has 1 aliphatic rings. The van der Waals surface area contributed by atoms with Crippen molar-refractivity contribution in [2.24, 2.45) is 10.8 Å². The third-order valence-corrected chi connectivity index (χ3v) is 2.79. The Kier molecular flexibility index (Phi) is 4.35. The molecule has 0 aliphatic heterocycles. The summed E-state index contributed by atoms with van der Waals surface area (Å²) in [6, 6.07) is 0.319. The zero-order chi connectivity index (χ0) is 11.3. The van der Waals surface area contributed by atoms with Crippen LogP contribution >= 0.6 is 0 Å². The monoisotopic (exact) mass is 214 g/mol. The van der Waals surface area contributed by atoms with E-state index in [1.165, 1.54) is 6.42 Å². The van der Waals surface area contributed by atoms with Crippen LogP contribution in [0.5, 0.6) is 0 Å². The van der Waals surface area contributed by atoms with E-state index < -0.39 is 0 Å². The number of hydrogen-bond donors (Lipinski definition) is 3. The van der Waals surface area contributed by atoms with Gasteiger partial charge in [-0.25, -0.2) is 10.8 Å². The highest BCUT2D eigenvalue weighted by Crippen LogP contribution is 2.35. The molecule has 1 aliphatic carbocycles. The van der Waals surface area contributed by atoms with Crippen molar-refractivity contribution in [1.29, 1.82) is 0 Å². The Bertz CT molecular complexity index is 218. The molecule has 0 unspecified atom stereocenters. The largest absolute Gasteiger partial charge is 0.376 e. The molecule has 1 saturated carbocycles. The summed E-state index contributed by atoms with van der Waals surface area (Å²) in [6.45, 7) is 4.76. The molecule has 4 N–H and O–H groups in total. The van der Waals surface area contributed by atoms with Crippen LogP contribution in [0.2, 0.25) is 0 Å². The highest BCUT2D eigenvalue weighted by molar-refractivity contribution is 5.79. The van der Waals surface area contributed by atoms with Gasteiger partial charge in [0.2, 0.25) is 5.96 Å². The van der Waals surface area contributed by atoms with Crippen molar-refractivity contribution < 1.29 is 4.74 Å². The lowest BCUT2D eigenvalue weighted by atomic mass is 9.80. The number of ether oxygens (including phenoxy) is 1. The zero-order valence-electron chi connectivity index (χ0n) is 9.84. The van der Waals surface area contributed by atoms with Crippen molar-refractivity contribution in [3.63, 3.8) is 0 Å². The van der Waals surface area contributed by atoms with Gasteiger partial charge in [-0.2, -0.15) is 0 Å². The van der Waals surface area contributed by atoms with Gasteiger partial charge in [0.15, 0.2) is 0 Å². The zero-order valence-corrected chi connectivity index (χ0v) is 9.84. The minimum absolute atomic E-state index is 0.0409. The van der Waals surface area contributed by atoms with Crippen LogP contribution in [0.4, 0.5) is 0 Å². The molecule has 0 bridgehead atoms. The lowest BCUT2D eigenvalue weighted by molar-refractivity contribution is -0.0630. The van der Waals surface area contributed by atoms with Crippen molar-refractivity contribution in [3.8, 4) is 0 Å². The van der Waals surface area contributed by atoms with Crippen LogP contribution in [0.3, 0.4) is 0 Å². The van der Waals surface area contributed by atoms with Crippen molar-refractivity contribution in [2.75, 3.05) is 13.7 Å². The van der Waals surface area contributed by atoms with Gasteiger partial charge in [0, 0.05) is 13.2 Å². The van der Waals surface area contributed by atoms with Crippen LogP contribution in [-0.2, 0) is 4.74 Å². The molecule has 15 heavy (non-hydrogen) atoms. The molecule has 0 atom stereocenters. The van der Waals surface area contributed by atoms with Crippen LogP contribution in [0.1, 0.15) is 33.1 Å². The quantitative estimate of drug-likeness (QED) is 0.274. The van der Waals surface area contributed by atoms with Gasteiger partial charge < -0.3 is 10.1 Å². The number of rotatable bonds is 4. The fourth-order valence-electron chi connectivity index (χ4n) is 1.63. The number of aliphatic imine (C=N–C) groups is 1. The molecule has 5 heteroatoms. The molecular weight excluding hydrogens is 192 g/mol. The number of methoxy groups -OCH3 is 1. The van der Waals surface area contributed by atoms with Crippen LogP contribution in [0, 0.1) is 0 Å². The highest BCUT2D eigenvalue weighted by atomic mass is 16.5. The van der Waals surface area contributed by atoms with E-state index in [1.807, 2.05) is 13.8 Å². The van der Waals surface area contributed by atoms with Crippen LogP contribution in [0.25, 0.3) is 0 Å². The second-order valence-corrected chi connectivity index (χ2v) is 4.35. The summed E-state index contributed by atoms with van der Waals surface area (Å²) in [6.07, 6.45) is 3.41. The van der Waals surface area contributed by atoms with E-state index >= 15 is 0 Å². The number of guanidine groups is 1. The summed E-state index contributed by atoms with van der Waals surface area (Å²) in [5.74, 6) is 6.00. The van der Waals surface area contributed by atoms with E-state index in [9.17, 15) is 0 Å². The van der Waals surface area contributed by atoms with Gasteiger partial charge in [-0.3, -0.25) is 5.43 Å². The standard InChI is InChI=1S/C10H22N4O/c1-8(2)13-9(14-11)12-7-10(15-3)5-4-6-10/h8H,4-7,11H2,1-3H3,(H2,12,13,14). The van der Waals surface area contributed by atoms with E-state index in [1.54, 1.807) is 7.11 Å². The van der Waals surface area contributed by atoms with Crippen LogP contribution < -0.4 is 16.6 Å². The third kappa shape index (κ3) is 3.35. The fourth-order valence-corrected chi connectivity index (χ4v) is 1.63. The SMILES string of the molecule is COC1(CN=C(NN)NC(C)C)CCC1. The van der Waals surface area contributed by atoms with E-state index in [0.717, 1.165) is 12.8 Å². The highest BCUT2D eigenvalue weighted by Gasteiger charge is 2.36. The molecule has 0 saturated heterocycles. The first-order chi connectivity index (χ1) is 7.12. The van der Waals surface area contributed by atoms with Gasteiger partial charge >= 0.3 is 0 Å². The Morgan fingerprint density at radius 1 is 1.53 bits per heavy atom. The lowest BCUT2D eigenvalue weighted by Gasteiger charge is -2.39. The molecule has 0 aromatic rings. The third-order valence-electron chi connectivity index (χ3n) is 2.79. The van der Waals surface area contributed by atoms with Gasteiger partial charge in [-0.05, 0) is 33.1 Å². The van der Waals surface area contributed by atoms with Crippen LogP contribution in [-0.4, -0.2) is 31.3 Å². The van der Waals surface area contributed by atoms with Gasteiger partial charge in [-0.15, -0.1) is 0 Å². The van der Waals surface area contributed by atoms with E-state index in [-0.39, 0.29) is 5.60 Å². The van der Waals surface area contributed by atoms with Crippen molar-refractivity contribution in [1.82, 2.24) is 10.7 Å². The summed E-state index contributed by atoms with van der Waals surface area (Å²) in [4.78, 5) is 4.39. The fraction of sp³-hybridized carbons (Fsp3) is 0.900. The summed E-state index contributed by atoms with van der Waals surface area (Å²) in [7, 11) is 1.75. The normalized spacial score (nSPS) is 19.9. The summed E-state index contributed by atoms with van der Waals surface area (Å²) in [5.41, 5.74) is 2.52. The van der Waals surface area contributed by atoms with Crippen LogP contribution in [0.15, 0.2) is 4.99 Å². The molecule has 0 heterocycles. The van der Waals surface area contributed by atoms with Crippen molar-refractivity contribution in [3.05, 3.63) is 0 Å². The Hall–Kier alpha value is -0.810. The Balaban J connectivity index is 2.45. The minimum Gasteiger partial charge on any atom is -0.376 e. The Morgan fingerprint density at radius 3 is 2.53 bits per heavy atom. The molecule has 0 aromatic heterocycles. The van der Waals surface area contributed by atoms with E-state index in [0.29, 0.717) is 18.5 Å². The Morgan fingerprint density at radius 2 is 2.20 bits per heavy atom. The average molecular weight is 214 g/mol. The maximum absolute atomic E-state index is 5.47. The molecular formula is C10H22N4O. The van der Waals surface area contributed by atoms with Gasteiger partial charge in [0.25, 0.3) is 0 Å². The molecule has 0 amide bonds. The van der Waals surface area contributed by atoms with Crippen molar-refractivity contribution in [2.45, 2.75) is 44.8 Å². The molecule has 0 spiro atoms. The topological polar surface area (TPSA) is 71.7 Å². The summed E-state index contributed by atoms with van der Waals surface area (Å²) >= 11 is 0. The molecule has 5 nitrogen and oxygen atoms in total. The van der Waals surface area contributed by atoms with Gasteiger partial charge in [-0.1, -0.05) is 0 Å². The van der Waals surface area contributed by atoms with E-state index in [2.05, 4.69) is 15.7 Å². The number of nitrogens with zero attached hydrogens (tertiary/aromatic N) is 1. The van der Waals surface area contributed by atoms with E-state index in [4.69, 9.17) is 10.6 Å². The molecule has 1 rings (SSSR count). The Labute approximate surface area is 91.4 Å². The molecule has 88 valence electrons. The summed E-state index contributed by atoms with van der Waals surface area (Å²) in [5, 5.41) is 3.13. The second kappa shape index (κ2) is 5.32. The molecule has 0 aromatic carbocycles. The predicted molar refractivity (Wildman–Crippen MR) is 61.5 cm³/mol. The van der Waals surface area contributed by atoms with Gasteiger partial charge in [0.05, 0.1) is 12.1 Å². The second-order valence-electron chi connectivity index (χ2n) is 4.35. The first-order valence-corrected chi connectivity index (χ1v) is 5.44. The number of nitrogens with two attached hydrogens (primary N) is 1. The number of hydrogen-bond acceptors (Lipinski definition) is 3. The average Bonchev–Trinajstić information content (AvgIpc) is 2.14.